The zero-order valence-electron chi connectivity index (χ0n) is 10.5. The van der Waals surface area contributed by atoms with Gasteiger partial charge in [-0.25, -0.2) is 0 Å². The minimum absolute atomic E-state index is 0. The highest BCUT2D eigenvalue weighted by Crippen LogP contribution is 2.30. The van der Waals surface area contributed by atoms with E-state index in [4.69, 9.17) is 4.55 Å². The fourth-order valence-electron chi connectivity index (χ4n) is 2.17. The second kappa shape index (κ2) is 5.90. The Bertz CT molecular complexity index is 585. The first-order chi connectivity index (χ1) is 8.43. The number of benzene rings is 1. The summed E-state index contributed by atoms with van der Waals surface area (Å²) in [4.78, 5) is 13.3. The van der Waals surface area contributed by atoms with E-state index < -0.39 is 10.1 Å². The van der Waals surface area contributed by atoms with Crippen molar-refractivity contribution in [2.75, 3.05) is 11.4 Å². The molecule has 0 saturated carbocycles. The summed E-state index contributed by atoms with van der Waals surface area (Å²) in [5, 5.41) is 0. The Balaban J connectivity index is 0.00000180. The van der Waals surface area contributed by atoms with Crippen LogP contribution in [0, 0.1) is 0 Å². The lowest BCUT2D eigenvalue weighted by atomic mass is 10.0. The van der Waals surface area contributed by atoms with Crippen molar-refractivity contribution in [2.45, 2.75) is 31.1 Å². The Hall–Kier alpha value is -1.11. The van der Waals surface area contributed by atoms with E-state index in [0.717, 1.165) is 17.7 Å². The van der Waals surface area contributed by atoms with Gasteiger partial charge in [0.2, 0.25) is 5.91 Å². The van der Waals surface area contributed by atoms with Crippen LogP contribution in [0.5, 0.6) is 0 Å². The number of hydrogen-bond acceptors (Lipinski definition) is 3. The topological polar surface area (TPSA) is 74.7 Å². The Morgan fingerprint density at radius 1 is 1.32 bits per heavy atom. The minimum atomic E-state index is -4.18. The van der Waals surface area contributed by atoms with Crippen LogP contribution in [0.3, 0.4) is 0 Å². The molecule has 1 aliphatic rings. The third-order valence-electron chi connectivity index (χ3n) is 3.00. The highest BCUT2D eigenvalue weighted by molar-refractivity contribution is 7.85. The Morgan fingerprint density at radius 2 is 2.00 bits per heavy atom. The molecule has 0 radical (unpaired) electrons. The van der Waals surface area contributed by atoms with Gasteiger partial charge in [-0.1, -0.05) is 6.92 Å². The molecular weight excluding hydrogens is 290 g/mol. The second-order valence-corrected chi connectivity index (χ2v) is 5.73. The maximum Gasteiger partial charge on any atom is 0.294 e. The number of fused-ring (bicyclic) bond motifs is 1. The van der Waals surface area contributed by atoms with Gasteiger partial charge in [0.05, 0.1) is 4.90 Å². The number of nitrogens with zero attached hydrogens (tertiary/aromatic N) is 1. The summed E-state index contributed by atoms with van der Waals surface area (Å²) in [6.45, 7) is 2.60. The number of rotatable bonds is 3. The summed E-state index contributed by atoms with van der Waals surface area (Å²) < 4.78 is 31.1. The van der Waals surface area contributed by atoms with Crippen LogP contribution in [0.4, 0.5) is 5.69 Å². The molecule has 1 aromatic carbocycles. The third kappa shape index (κ3) is 3.26. The summed E-state index contributed by atoms with van der Waals surface area (Å²) in [5.74, 6) is 0.0592. The zero-order chi connectivity index (χ0) is 13.3. The molecule has 0 atom stereocenters. The number of carbonyl (C=O) groups is 1. The minimum Gasteiger partial charge on any atom is -0.312 e. The number of aryl methyl sites for hydroxylation is 1. The maximum absolute atomic E-state index is 11.8. The summed E-state index contributed by atoms with van der Waals surface area (Å²) in [6, 6.07) is 4.36. The lowest BCUT2D eigenvalue weighted by Crippen LogP contribution is -2.35. The number of amides is 1. The Morgan fingerprint density at radius 3 is 2.58 bits per heavy atom. The van der Waals surface area contributed by atoms with Crippen LogP contribution >= 0.6 is 12.4 Å². The van der Waals surface area contributed by atoms with Gasteiger partial charge in [-0.2, -0.15) is 8.42 Å². The summed E-state index contributed by atoms with van der Waals surface area (Å²) >= 11 is 0. The van der Waals surface area contributed by atoms with E-state index in [9.17, 15) is 13.2 Å². The molecule has 1 N–H and O–H groups in total. The molecule has 0 bridgehead atoms. The highest BCUT2D eigenvalue weighted by Gasteiger charge is 2.24. The Labute approximate surface area is 118 Å². The van der Waals surface area contributed by atoms with Gasteiger partial charge in [-0.15, -0.1) is 12.4 Å². The number of halogens is 1. The van der Waals surface area contributed by atoms with Gasteiger partial charge in [0.25, 0.3) is 10.1 Å². The van der Waals surface area contributed by atoms with Gasteiger partial charge in [0.1, 0.15) is 0 Å². The van der Waals surface area contributed by atoms with Crippen molar-refractivity contribution in [1.82, 2.24) is 0 Å². The van der Waals surface area contributed by atoms with Crippen molar-refractivity contribution in [3.05, 3.63) is 23.8 Å². The molecule has 2 rings (SSSR count). The van der Waals surface area contributed by atoms with Gasteiger partial charge >= 0.3 is 0 Å². The molecule has 106 valence electrons. The van der Waals surface area contributed by atoms with Gasteiger partial charge < -0.3 is 4.90 Å². The smallest absolute Gasteiger partial charge is 0.294 e. The summed E-state index contributed by atoms with van der Waals surface area (Å²) in [7, 11) is -4.18. The van der Waals surface area contributed by atoms with Gasteiger partial charge in [-0.3, -0.25) is 9.35 Å². The zero-order valence-corrected chi connectivity index (χ0v) is 12.1. The summed E-state index contributed by atoms with van der Waals surface area (Å²) in [5.41, 5.74) is 1.54. The van der Waals surface area contributed by atoms with Crippen LogP contribution in [0.2, 0.25) is 0 Å². The number of anilines is 1. The third-order valence-corrected chi connectivity index (χ3v) is 3.85. The molecule has 0 spiro atoms. The lowest BCUT2D eigenvalue weighted by molar-refractivity contribution is -0.118. The lowest BCUT2D eigenvalue weighted by Gasteiger charge is -2.29. The quantitative estimate of drug-likeness (QED) is 0.867. The predicted molar refractivity (Wildman–Crippen MR) is 74.5 cm³/mol. The van der Waals surface area contributed by atoms with Crippen LogP contribution in [-0.2, 0) is 21.3 Å². The number of hydrogen-bond donors (Lipinski definition) is 1. The van der Waals surface area contributed by atoms with E-state index in [1.165, 1.54) is 12.1 Å². The number of carbonyl (C=O) groups excluding carboxylic acids is 1. The van der Waals surface area contributed by atoms with E-state index >= 15 is 0 Å². The van der Waals surface area contributed by atoms with E-state index in [0.29, 0.717) is 19.4 Å². The van der Waals surface area contributed by atoms with Gasteiger partial charge in [0.15, 0.2) is 0 Å². The van der Waals surface area contributed by atoms with Crippen molar-refractivity contribution in [2.24, 2.45) is 0 Å². The van der Waals surface area contributed by atoms with Crippen LogP contribution in [0.1, 0.15) is 25.3 Å². The molecule has 0 aromatic heterocycles. The molecule has 1 amide bonds. The van der Waals surface area contributed by atoms with Crippen molar-refractivity contribution in [3.63, 3.8) is 0 Å². The van der Waals surface area contributed by atoms with Crippen LogP contribution in [0.15, 0.2) is 23.1 Å². The highest BCUT2D eigenvalue weighted by atomic mass is 35.5. The Kier molecular flexibility index (Phi) is 4.95. The first kappa shape index (κ1) is 15.9. The van der Waals surface area contributed by atoms with E-state index in [2.05, 4.69) is 0 Å². The maximum atomic E-state index is 11.8. The van der Waals surface area contributed by atoms with Crippen molar-refractivity contribution in [3.8, 4) is 0 Å². The molecule has 0 unspecified atom stereocenters. The SMILES string of the molecule is CCCN1C(=O)CCc2cc(S(=O)(=O)O)ccc21.Cl. The fraction of sp³-hybridized carbons (Fsp3) is 0.417. The molecule has 19 heavy (non-hydrogen) atoms. The van der Waals surface area contributed by atoms with E-state index in [-0.39, 0.29) is 23.2 Å². The standard InChI is InChI=1S/C12H15NO4S.ClH/c1-2-7-13-11-5-4-10(18(15,16)17)8-9(11)3-6-12(13)14;/h4-5,8H,2-3,6-7H2,1H3,(H,15,16,17);1H. The average molecular weight is 306 g/mol. The second-order valence-electron chi connectivity index (χ2n) is 4.31. The molecule has 0 fully saturated rings. The largest absolute Gasteiger partial charge is 0.312 e. The monoisotopic (exact) mass is 305 g/mol. The van der Waals surface area contributed by atoms with Crippen molar-refractivity contribution < 1.29 is 17.8 Å². The first-order valence-corrected chi connectivity index (χ1v) is 7.28. The molecule has 5 nitrogen and oxygen atoms in total. The molecule has 1 aromatic rings. The average Bonchev–Trinajstić information content (AvgIpc) is 2.31. The van der Waals surface area contributed by atoms with Crippen LogP contribution < -0.4 is 4.90 Å². The van der Waals surface area contributed by atoms with Crippen molar-refractivity contribution >= 4 is 34.1 Å². The van der Waals surface area contributed by atoms with E-state index in [1.807, 2.05) is 6.92 Å². The van der Waals surface area contributed by atoms with Crippen LogP contribution in [0.25, 0.3) is 0 Å². The molecule has 1 heterocycles. The summed E-state index contributed by atoms with van der Waals surface area (Å²) in [6.07, 6.45) is 1.73. The van der Waals surface area contributed by atoms with Gasteiger partial charge in [0, 0.05) is 18.7 Å². The van der Waals surface area contributed by atoms with Crippen LogP contribution in [-0.4, -0.2) is 25.4 Å². The first-order valence-electron chi connectivity index (χ1n) is 5.84. The van der Waals surface area contributed by atoms with E-state index in [1.54, 1.807) is 11.0 Å². The molecule has 0 saturated heterocycles. The normalized spacial score (nSPS) is 14.8. The van der Waals surface area contributed by atoms with Crippen molar-refractivity contribution in [1.29, 1.82) is 0 Å². The molecule has 0 aliphatic carbocycles. The predicted octanol–water partition coefficient (Wildman–Crippen LogP) is 2.04. The van der Waals surface area contributed by atoms with Gasteiger partial charge in [-0.05, 0) is 36.6 Å². The molecule has 1 aliphatic heterocycles. The molecule has 7 heteroatoms. The fourth-order valence-corrected chi connectivity index (χ4v) is 2.70. The molecular formula is C12H16ClNO4S.